The third-order valence-corrected chi connectivity index (χ3v) is 4.72. The van der Waals surface area contributed by atoms with Gasteiger partial charge in [0, 0.05) is 24.8 Å². The first kappa shape index (κ1) is 15.9. The van der Waals surface area contributed by atoms with Crippen LogP contribution in [0, 0.1) is 0 Å². The molecule has 1 N–H and O–H groups in total. The van der Waals surface area contributed by atoms with Gasteiger partial charge in [-0.05, 0) is 36.5 Å². The molecule has 1 aliphatic heterocycles. The van der Waals surface area contributed by atoms with E-state index < -0.39 is 0 Å². The van der Waals surface area contributed by atoms with E-state index in [0.717, 1.165) is 36.8 Å². The van der Waals surface area contributed by atoms with E-state index in [1.165, 1.54) is 5.56 Å². The van der Waals surface area contributed by atoms with Crippen molar-refractivity contribution in [2.45, 2.75) is 38.6 Å². The van der Waals surface area contributed by atoms with Crippen LogP contribution in [0.2, 0.25) is 0 Å². The van der Waals surface area contributed by atoms with E-state index in [-0.39, 0.29) is 11.9 Å². The zero-order chi connectivity index (χ0) is 16.2. The van der Waals surface area contributed by atoms with Gasteiger partial charge in [-0.1, -0.05) is 26.0 Å². The minimum Gasteiger partial charge on any atom is -0.381 e. The van der Waals surface area contributed by atoms with Crippen molar-refractivity contribution in [2.75, 3.05) is 18.4 Å². The van der Waals surface area contributed by atoms with Gasteiger partial charge in [0.1, 0.15) is 0 Å². The molecule has 0 unspecified atom stereocenters. The van der Waals surface area contributed by atoms with Crippen LogP contribution in [0.5, 0.6) is 0 Å². The summed E-state index contributed by atoms with van der Waals surface area (Å²) < 4.78 is 7.96. The Balaban J connectivity index is 1.61. The Morgan fingerprint density at radius 2 is 2.13 bits per heavy atom. The molecule has 2 heterocycles. The van der Waals surface area contributed by atoms with Gasteiger partial charge in [-0.3, -0.25) is 4.79 Å². The Morgan fingerprint density at radius 3 is 2.78 bits per heavy atom. The lowest BCUT2D eigenvalue weighted by Crippen LogP contribution is -2.45. The largest absolute Gasteiger partial charge is 0.381 e. The number of benzene rings is 1. The lowest BCUT2D eigenvalue weighted by molar-refractivity contribution is 0.0710. The molecule has 5 nitrogen and oxygen atoms in total. The highest BCUT2D eigenvalue weighted by atomic mass is 32.1. The summed E-state index contributed by atoms with van der Waals surface area (Å²) >= 11 is 1.08. The number of carbonyl (C=O) groups is 1. The molecule has 0 bridgehead atoms. The van der Waals surface area contributed by atoms with Gasteiger partial charge in [0.25, 0.3) is 5.91 Å². The van der Waals surface area contributed by atoms with Crippen LogP contribution in [-0.4, -0.2) is 38.7 Å². The summed E-state index contributed by atoms with van der Waals surface area (Å²) in [5, 5.41) is 3.55. The summed E-state index contributed by atoms with van der Waals surface area (Å²) in [6, 6.07) is 8.87. The second-order valence-electron chi connectivity index (χ2n) is 6.30. The quantitative estimate of drug-likeness (QED) is 0.934. The fraction of sp³-hybridized carbons (Fsp3) is 0.471. The minimum atomic E-state index is -0.0135. The topological polar surface area (TPSA) is 58.1 Å². The van der Waals surface area contributed by atoms with Crippen LogP contribution < -0.4 is 5.32 Å². The van der Waals surface area contributed by atoms with E-state index in [4.69, 9.17) is 0 Å². The lowest BCUT2D eigenvalue weighted by atomic mass is 10.0. The number of nitrogens with one attached hydrogen (secondary N) is 1. The van der Waals surface area contributed by atoms with Gasteiger partial charge in [0.15, 0.2) is 5.69 Å². The Labute approximate surface area is 141 Å². The number of carbonyl (C=O) groups excluding carboxylic acids is 1. The molecule has 23 heavy (non-hydrogen) atoms. The predicted molar refractivity (Wildman–Crippen MR) is 93.0 cm³/mol. The van der Waals surface area contributed by atoms with Crippen LogP contribution in [0.3, 0.4) is 0 Å². The zero-order valence-electron chi connectivity index (χ0n) is 13.5. The molecule has 6 heteroatoms. The van der Waals surface area contributed by atoms with Gasteiger partial charge < -0.3 is 10.2 Å². The molecule has 1 aromatic heterocycles. The van der Waals surface area contributed by atoms with Gasteiger partial charge >= 0.3 is 0 Å². The van der Waals surface area contributed by atoms with Gasteiger partial charge in [-0.15, -0.1) is 0 Å². The molecule has 1 aromatic carbocycles. The molecule has 0 spiro atoms. The van der Waals surface area contributed by atoms with Gasteiger partial charge in [-0.25, -0.2) is 0 Å². The fourth-order valence-corrected chi connectivity index (χ4v) is 3.31. The fourth-order valence-electron chi connectivity index (χ4n) is 2.90. The van der Waals surface area contributed by atoms with Crippen LogP contribution >= 0.6 is 11.7 Å². The first-order chi connectivity index (χ1) is 11.1. The number of piperidine rings is 1. The van der Waals surface area contributed by atoms with Crippen LogP contribution in [0.4, 0.5) is 5.69 Å². The molecule has 1 fully saturated rings. The van der Waals surface area contributed by atoms with E-state index >= 15 is 0 Å². The van der Waals surface area contributed by atoms with E-state index in [1.807, 2.05) is 4.90 Å². The second kappa shape index (κ2) is 7.08. The average molecular weight is 330 g/mol. The molecule has 0 saturated carbocycles. The highest BCUT2D eigenvalue weighted by molar-refractivity contribution is 6.99. The van der Waals surface area contributed by atoms with Crippen molar-refractivity contribution >= 4 is 23.3 Å². The van der Waals surface area contributed by atoms with E-state index in [2.05, 4.69) is 52.2 Å². The van der Waals surface area contributed by atoms with Gasteiger partial charge in [-0.2, -0.15) is 8.75 Å². The Hall–Kier alpha value is -1.95. The Kier molecular flexibility index (Phi) is 4.91. The van der Waals surface area contributed by atoms with Crippen molar-refractivity contribution in [3.8, 4) is 0 Å². The monoisotopic (exact) mass is 330 g/mol. The third-order valence-electron chi connectivity index (χ3n) is 4.24. The van der Waals surface area contributed by atoms with Crippen molar-refractivity contribution in [1.29, 1.82) is 0 Å². The molecular weight excluding hydrogens is 308 g/mol. The number of nitrogens with zero attached hydrogens (tertiary/aromatic N) is 3. The zero-order valence-corrected chi connectivity index (χ0v) is 14.3. The molecular formula is C17H22N4OS. The maximum Gasteiger partial charge on any atom is 0.275 e. The molecule has 3 rings (SSSR count). The first-order valence-corrected chi connectivity index (χ1v) is 8.80. The van der Waals surface area contributed by atoms with Crippen molar-refractivity contribution in [1.82, 2.24) is 13.6 Å². The van der Waals surface area contributed by atoms with Crippen LogP contribution in [0.1, 0.15) is 48.7 Å². The summed E-state index contributed by atoms with van der Waals surface area (Å²) in [6.45, 7) is 5.89. The maximum atomic E-state index is 12.4. The maximum absolute atomic E-state index is 12.4. The number of anilines is 1. The average Bonchev–Trinajstić information content (AvgIpc) is 3.09. The predicted octanol–water partition coefficient (Wildman–Crippen LogP) is 3.38. The number of rotatable bonds is 4. The number of amides is 1. The van der Waals surface area contributed by atoms with E-state index in [1.54, 1.807) is 6.20 Å². The van der Waals surface area contributed by atoms with Crippen LogP contribution in [0.15, 0.2) is 30.5 Å². The normalized spacial score (nSPS) is 18.2. The molecule has 2 aromatic rings. The number of likely N-dealkylation sites (tertiary alicyclic amines) is 1. The Morgan fingerprint density at radius 1 is 1.35 bits per heavy atom. The number of hydrogen-bond donors (Lipinski definition) is 1. The number of hydrogen-bond acceptors (Lipinski definition) is 5. The molecule has 1 atom stereocenters. The highest BCUT2D eigenvalue weighted by Gasteiger charge is 2.25. The summed E-state index contributed by atoms with van der Waals surface area (Å²) in [4.78, 5) is 14.3. The van der Waals surface area contributed by atoms with Crippen molar-refractivity contribution < 1.29 is 4.79 Å². The van der Waals surface area contributed by atoms with Crippen LogP contribution in [-0.2, 0) is 0 Å². The van der Waals surface area contributed by atoms with Gasteiger partial charge in [0.05, 0.1) is 17.9 Å². The summed E-state index contributed by atoms with van der Waals surface area (Å²) in [5.74, 6) is 0.527. The summed E-state index contributed by atoms with van der Waals surface area (Å²) in [5.41, 5.74) is 2.91. The molecule has 0 aliphatic carbocycles. The SMILES string of the molecule is CC(C)c1ccc(N[C@@H]2CCCN(C(=O)c3cnsn3)C2)cc1. The molecule has 122 valence electrons. The molecule has 1 saturated heterocycles. The first-order valence-electron chi connectivity index (χ1n) is 8.07. The highest BCUT2D eigenvalue weighted by Crippen LogP contribution is 2.20. The third kappa shape index (κ3) is 3.88. The van der Waals surface area contributed by atoms with Crippen molar-refractivity contribution in [3.63, 3.8) is 0 Å². The van der Waals surface area contributed by atoms with Crippen molar-refractivity contribution in [3.05, 3.63) is 41.7 Å². The molecule has 1 amide bonds. The minimum absolute atomic E-state index is 0.0135. The number of aromatic nitrogens is 2. The summed E-state index contributed by atoms with van der Waals surface area (Å²) in [6.07, 6.45) is 3.63. The van der Waals surface area contributed by atoms with Crippen LogP contribution in [0.25, 0.3) is 0 Å². The molecule has 1 aliphatic rings. The van der Waals surface area contributed by atoms with Crippen molar-refractivity contribution in [2.24, 2.45) is 0 Å². The standard InChI is InChI=1S/C17H22N4OS/c1-12(2)13-5-7-14(8-6-13)19-15-4-3-9-21(11-15)17(22)16-10-18-23-20-16/h5-8,10,12,15,19H,3-4,9,11H2,1-2H3/t15-/m1/s1. The van der Waals surface area contributed by atoms with E-state index in [0.29, 0.717) is 18.2 Å². The lowest BCUT2D eigenvalue weighted by Gasteiger charge is -2.33. The summed E-state index contributed by atoms with van der Waals surface area (Å²) in [7, 11) is 0. The smallest absolute Gasteiger partial charge is 0.275 e. The Bertz CT molecular complexity index is 639. The molecule has 0 radical (unpaired) electrons. The second-order valence-corrected chi connectivity index (χ2v) is 6.86. The van der Waals surface area contributed by atoms with E-state index in [9.17, 15) is 4.79 Å². The van der Waals surface area contributed by atoms with Gasteiger partial charge in [0.2, 0.25) is 0 Å².